The van der Waals surface area contributed by atoms with E-state index in [-0.39, 0.29) is 17.7 Å². The fourth-order valence-corrected chi connectivity index (χ4v) is 4.76. The van der Waals surface area contributed by atoms with E-state index >= 15 is 0 Å². The molecule has 8 heteroatoms. The molecule has 0 aliphatic rings. The molecule has 0 bridgehead atoms. The quantitative estimate of drug-likeness (QED) is 0.395. The van der Waals surface area contributed by atoms with Crippen molar-refractivity contribution >= 4 is 40.3 Å². The Morgan fingerprint density at radius 2 is 2.00 bits per heavy atom. The number of aromatic nitrogens is 2. The van der Waals surface area contributed by atoms with Gasteiger partial charge in [-0.25, -0.2) is 4.98 Å². The molecule has 0 radical (unpaired) electrons. The van der Waals surface area contributed by atoms with Gasteiger partial charge < -0.3 is 14.7 Å². The van der Waals surface area contributed by atoms with Gasteiger partial charge in [0.15, 0.2) is 5.16 Å². The van der Waals surface area contributed by atoms with Crippen LogP contribution in [0.2, 0.25) is 0 Å². The molecule has 4 heterocycles. The van der Waals surface area contributed by atoms with Gasteiger partial charge in [0, 0.05) is 0 Å². The van der Waals surface area contributed by atoms with E-state index in [1.807, 2.05) is 41.9 Å². The number of H-pyrrole nitrogens is 1. The predicted octanol–water partition coefficient (Wildman–Crippen LogP) is 5.43. The molecule has 1 unspecified atom stereocenters. The summed E-state index contributed by atoms with van der Waals surface area (Å²) in [5.41, 5.74) is 1.93. The van der Waals surface area contributed by atoms with E-state index < -0.39 is 0 Å². The van der Waals surface area contributed by atoms with Gasteiger partial charge in [-0.05, 0) is 41.9 Å². The summed E-state index contributed by atoms with van der Waals surface area (Å²) in [6, 6.07) is 11.7. The fraction of sp³-hybridized carbons (Fsp3) is 0.158. The van der Waals surface area contributed by atoms with Crippen LogP contribution >= 0.6 is 34.4 Å². The maximum atomic E-state index is 12.3. The van der Waals surface area contributed by atoms with Crippen LogP contribution in [0, 0.1) is 0 Å². The zero-order valence-corrected chi connectivity index (χ0v) is 16.9. The summed E-state index contributed by atoms with van der Waals surface area (Å²) in [5.74, 6) is 0.966. The summed E-state index contributed by atoms with van der Waals surface area (Å²) in [6.07, 6.45) is 1.60. The summed E-state index contributed by atoms with van der Waals surface area (Å²) in [4.78, 5) is 22.6. The Bertz CT molecular complexity index is 938. The normalized spacial score (nSPS) is 12.2. The molecule has 0 aliphatic carbocycles. The lowest BCUT2D eigenvalue weighted by atomic mass is 10.2. The Balaban J connectivity index is 1.46. The fourth-order valence-electron chi connectivity index (χ4n) is 2.64. The topological polar surface area (TPSA) is 70.9 Å². The molecule has 5 nitrogen and oxygen atoms in total. The van der Waals surface area contributed by atoms with Crippen molar-refractivity contribution in [2.75, 3.05) is 5.75 Å². The minimum Gasteiger partial charge on any atom is -0.467 e. The summed E-state index contributed by atoms with van der Waals surface area (Å²) < 4.78 is 5.32. The Labute approximate surface area is 168 Å². The average molecular weight is 416 g/mol. The third-order valence-corrected chi connectivity index (χ3v) is 6.53. The number of hydrogen-bond donors (Lipinski definition) is 2. The van der Waals surface area contributed by atoms with Crippen molar-refractivity contribution in [1.82, 2.24) is 15.3 Å². The number of thioether (sulfide) groups is 1. The minimum atomic E-state index is -0.159. The van der Waals surface area contributed by atoms with Crippen LogP contribution in [-0.2, 0) is 4.79 Å². The number of nitrogens with one attached hydrogen (secondary N) is 2. The molecular weight excluding hydrogens is 398 g/mol. The first-order valence-electron chi connectivity index (χ1n) is 8.34. The van der Waals surface area contributed by atoms with Crippen molar-refractivity contribution in [3.8, 4) is 21.1 Å². The van der Waals surface area contributed by atoms with Crippen LogP contribution in [0.15, 0.2) is 63.0 Å². The molecule has 0 aromatic carbocycles. The summed E-state index contributed by atoms with van der Waals surface area (Å²) in [6.45, 7) is 1.90. The summed E-state index contributed by atoms with van der Waals surface area (Å²) in [5, 5.41) is 7.76. The number of thiophene rings is 2. The molecule has 0 fully saturated rings. The molecule has 2 N–H and O–H groups in total. The van der Waals surface area contributed by atoms with E-state index in [0.717, 1.165) is 32.1 Å². The lowest BCUT2D eigenvalue weighted by Gasteiger charge is -2.10. The highest BCUT2D eigenvalue weighted by molar-refractivity contribution is 7.99. The van der Waals surface area contributed by atoms with Gasteiger partial charge in [-0.1, -0.05) is 23.9 Å². The molecule has 4 rings (SSSR count). The van der Waals surface area contributed by atoms with Crippen LogP contribution in [0.4, 0.5) is 0 Å². The Morgan fingerprint density at radius 3 is 2.67 bits per heavy atom. The SMILES string of the molecule is CC(NC(=O)CSc1nc(-c2cccs2)c(-c2cccs2)[nH]1)c1ccco1. The zero-order chi connectivity index (χ0) is 18.6. The van der Waals surface area contributed by atoms with E-state index in [0.29, 0.717) is 0 Å². The first-order valence-corrected chi connectivity index (χ1v) is 11.1. The summed E-state index contributed by atoms with van der Waals surface area (Å²) >= 11 is 4.72. The maximum Gasteiger partial charge on any atom is 0.231 e. The number of amides is 1. The van der Waals surface area contributed by atoms with Crippen molar-refractivity contribution in [2.45, 2.75) is 18.1 Å². The van der Waals surface area contributed by atoms with Crippen molar-refractivity contribution in [3.05, 3.63) is 59.2 Å². The van der Waals surface area contributed by atoms with Gasteiger partial charge in [-0.15, -0.1) is 22.7 Å². The van der Waals surface area contributed by atoms with Gasteiger partial charge in [0.25, 0.3) is 0 Å². The summed E-state index contributed by atoms with van der Waals surface area (Å²) in [7, 11) is 0. The van der Waals surface area contributed by atoms with Crippen molar-refractivity contribution in [3.63, 3.8) is 0 Å². The van der Waals surface area contributed by atoms with Gasteiger partial charge in [0.1, 0.15) is 11.5 Å². The number of furan rings is 1. The molecule has 0 saturated carbocycles. The third-order valence-electron chi connectivity index (χ3n) is 3.89. The lowest BCUT2D eigenvalue weighted by Crippen LogP contribution is -2.27. The van der Waals surface area contributed by atoms with Crippen LogP contribution in [0.1, 0.15) is 18.7 Å². The van der Waals surface area contributed by atoms with Gasteiger partial charge >= 0.3 is 0 Å². The smallest absolute Gasteiger partial charge is 0.231 e. The van der Waals surface area contributed by atoms with Crippen LogP contribution in [0.5, 0.6) is 0 Å². The van der Waals surface area contributed by atoms with E-state index in [2.05, 4.69) is 22.4 Å². The first-order chi connectivity index (χ1) is 13.2. The van der Waals surface area contributed by atoms with Crippen LogP contribution in [0.3, 0.4) is 0 Å². The molecule has 138 valence electrons. The molecule has 0 spiro atoms. The van der Waals surface area contributed by atoms with E-state index in [1.165, 1.54) is 11.8 Å². The van der Waals surface area contributed by atoms with Crippen LogP contribution in [0.25, 0.3) is 21.1 Å². The highest BCUT2D eigenvalue weighted by Gasteiger charge is 2.17. The number of hydrogen-bond acceptors (Lipinski definition) is 6. The van der Waals surface area contributed by atoms with Crippen molar-refractivity contribution in [1.29, 1.82) is 0 Å². The largest absolute Gasteiger partial charge is 0.467 e. The molecule has 0 aliphatic heterocycles. The second kappa shape index (κ2) is 8.16. The number of carbonyl (C=O) groups is 1. The van der Waals surface area contributed by atoms with Gasteiger partial charge in [-0.3, -0.25) is 4.79 Å². The van der Waals surface area contributed by atoms with Gasteiger partial charge in [0.2, 0.25) is 5.91 Å². The number of carbonyl (C=O) groups excluding carboxylic acids is 1. The van der Waals surface area contributed by atoms with Crippen LogP contribution in [-0.4, -0.2) is 21.6 Å². The number of rotatable bonds is 7. The molecule has 1 atom stereocenters. The number of nitrogens with zero attached hydrogens (tertiary/aromatic N) is 1. The highest BCUT2D eigenvalue weighted by Crippen LogP contribution is 2.36. The molecule has 27 heavy (non-hydrogen) atoms. The maximum absolute atomic E-state index is 12.3. The van der Waals surface area contributed by atoms with E-state index in [1.54, 1.807) is 28.9 Å². The van der Waals surface area contributed by atoms with Crippen LogP contribution < -0.4 is 5.32 Å². The van der Waals surface area contributed by atoms with Crippen molar-refractivity contribution < 1.29 is 9.21 Å². The van der Waals surface area contributed by atoms with Crippen molar-refractivity contribution in [2.24, 2.45) is 0 Å². The van der Waals surface area contributed by atoms with E-state index in [4.69, 9.17) is 9.40 Å². The third kappa shape index (κ3) is 4.18. The first kappa shape index (κ1) is 18.1. The molecule has 4 aromatic rings. The standard InChI is InChI=1S/C19H17N3O2S3/c1-12(13-5-2-8-24-13)20-16(23)11-27-19-21-17(14-6-3-9-25-14)18(22-19)15-7-4-10-26-15/h2-10,12H,11H2,1H3,(H,20,23)(H,21,22). The average Bonchev–Trinajstić information content (AvgIpc) is 3.47. The molecule has 4 aromatic heterocycles. The Morgan fingerprint density at radius 1 is 1.22 bits per heavy atom. The zero-order valence-electron chi connectivity index (χ0n) is 14.5. The molecular formula is C19H17N3O2S3. The number of aromatic amines is 1. The monoisotopic (exact) mass is 415 g/mol. The number of imidazole rings is 1. The Kier molecular flexibility index (Phi) is 5.47. The lowest BCUT2D eigenvalue weighted by molar-refractivity contribution is -0.119. The van der Waals surface area contributed by atoms with E-state index in [9.17, 15) is 4.79 Å². The van der Waals surface area contributed by atoms with Gasteiger partial charge in [-0.2, -0.15) is 0 Å². The molecule has 0 saturated heterocycles. The Hall–Kier alpha value is -2.29. The highest BCUT2D eigenvalue weighted by atomic mass is 32.2. The second-order valence-electron chi connectivity index (χ2n) is 5.81. The predicted molar refractivity (Wildman–Crippen MR) is 111 cm³/mol. The molecule has 1 amide bonds. The second-order valence-corrected chi connectivity index (χ2v) is 8.67. The van der Waals surface area contributed by atoms with Gasteiger partial charge in [0.05, 0.1) is 33.5 Å². The minimum absolute atomic E-state index is 0.0596.